The van der Waals surface area contributed by atoms with E-state index in [1.165, 1.54) is 12.1 Å². The van der Waals surface area contributed by atoms with Gasteiger partial charge in [0.2, 0.25) is 0 Å². The molecular formula is C21H19FN2O2. The van der Waals surface area contributed by atoms with Crippen molar-refractivity contribution in [2.45, 2.75) is 18.9 Å². The normalized spacial score (nSPS) is 15.2. The molecule has 1 saturated heterocycles. The molecule has 26 heavy (non-hydrogen) atoms. The van der Waals surface area contributed by atoms with Gasteiger partial charge in [-0.15, -0.1) is 0 Å². The zero-order valence-electron chi connectivity index (χ0n) is 14.3. The Morgan fingerprint density at radius 1 is 1.04 bits per heavy atom. The SMILES string of the molecule is O=Cc1cccc2ccc(N3CCC(Oc4ccc(F)cc4)CC3)nc12. The van der Waals surface area contributed by atoms with Gasteiger partial charge < -0.3 is 9.64 Å². The topological polar surface area (TPSA) is 42.4 Å². The number of nitrogens with zero attached hydrogens (tertiary/aromatic N) is 2. The second-order valence-electron chi connectivity index (χ2n) is 6.46. The van der Waals surface area contributed by atoms with Crippen molar-refractivity contribution in [2.24, 2.45) is 0 Å². The maximum atomic E-state index is 13.0. The molecule has 2 aromatic carbocycles. The zero-order valence-corrected chi connectivity index (χ0v) is 14.3. The number of halogens is 1. The second kappa shape index (κ2) is 7.12. The standard InChI is InChI=1S/C21H19FN2O2/c22-17-5-7-18(8-6-17)26-19-10-12-24(13-11-19)20-9-4-15-2-1-3-16(14-25)21(15)23-20/h1-9,14,19H,10-13H2. The average molecular weight is 350 g/mol. The molecule has 1 aliphatic heterocycles. The molecular weight excluding hydrogens is 331 g/mol. The summed E-state index contributed by atoms with van der Waals surface area (Å²) in [5.41, 5.74) is 1.35. The van der Waals surface area contributed by atoms with Crippen molar-refractivity contribution in [2.75, 3.05) is 18.0 Å². The van der Waals surface area contributed by atoms with Crippen molar-refractivity contribution in [1.82, 2.24) is 4.98 Å². The van der Waals surface area contributed by atoms with E-state index in [9.17, 15) is 9.18 Å². The Morgan fingerprint density at radius 2 is 1.81 bits per heavy atom. The van der Waals surface area contributed by atoms with Crippen molar-refractivity contribution in [3.63, 3.8) is 0 Å². The van der Waals surface area contributed by atoms with Crippen LogP contribution in [0.25, 0.3) is 10.9 Å². The number of aldehydes is 1. The molecule has 4 nitrogen and oxygen atoms in total. The lowest BCUT2D eigenvalue weighted by atomic mass is 10.1. The highest BCUT2D eigenvalue weighted by Gasteiger charge is 2.22. The fraction of sp³-hybridized carbons (Fsp3) is 0.238. The van der Waals surface area contributed by atoms with Crippen LogP contribution in [0.1, 0.15) is 23.2 Å². The number of anilines is 1. The number of aromatic nitrogens is 1. The molecule has 0 spiro atoms. The Balaban J connectivity index is 1.45. The molecule has 0 atom stereocenters. The van der Waals surface area contributed by atoms with E-state index in [2.05, 4.69) is 4.90 Å². The number of hydrogen-bond acceptors (Lipinski definition) is 4. The number of para-hydroxylation sites is 1. The second-order valence-corrected chi connectivity index (χ2v) is 6.46. The Morgan fingerprint density at radius 3 is 2.54 bits per heavy atom. The monoisotopic (exact) mass is 350 g/mol. The molecule has 3 aromatic rings. The van der Waals surface area contributed by atoms with Crippen molar-refractivity contribution in [1.29, 1.82) is 0 Å². The highest BCUT2D eigenvalue weighted by Crippen LogP contribution is 2.25. The molecule has 2 heterocycles. The van der Waals surface area contributed by atoms with E-state index in [1.54, 1.807) is 18.2 Å². The predicted octanol–water partition coefficient (Wildman–Crippen LogP) is 4.23. The minimum absolute atomic E-state index is 0.114. The van der Waals surface area contributed by atoms with Gasteiger partial charge in [0.1, 0.15) is 23.5 Å². The minimum atomic E-state index is -0.260. The van der Waals surface area contributed by atoms with E-state index in [0.29, 0.717) is 11.3 Å². The van der Waals surface area contributed by atoms with Gasteiger partial charge in [0.25, 0.3) is 0 Å². The number of benzene rings is 2. The first-order valence-corrected chi connectivity index (χ1v) is 8.75. The molecule has 0 N–H and O–H groups in total. The predicted molar refractivity (Wildman–Crippen MR) is 99.4 cm³/mol. The van der Waals surface area contributed by atoms with Gasteiger partial charge in [-0.1, -0.05) is 12.1 Å². The third-order valence-corrected chi connectivity index (χ3v) is 4.75. The Labute approximate surface area is 151 Å². The van der Waals surface area contributed by atoms with Crippen LogP contribution in [0.15, 0.2) is 54.6 Å². The number of carbonyl (C=O) groups is 1. The summed E-state index contributed by atoms with van der Waals surface area (Å²) in [7, 11) is 0. The van der Waals surface area contributed by atoms with E-state index in [1.807, 2.05) is 24.3 Å². The van der Waals surface area contributed by atoms with Gasteiger partial charge in [-0.25, -0.2) is 9.37 Å². The maximum Gasteiger partial charge on any atom is 0.152 e. The number of piperidine rings is 1. The summed E-state index contributed by atoms with van der Waals surface area (Å²) in [4.78, 5) is 18.2. The van der Waals surface area contributed by atoms with E-state index in [0.717, 1.165) is 48.9 Å². The van der Waals surface area contributed by atoms with Crippen molar-refractivity contribution in [3.8, 4) is 5.75 Å². The van der Waals surface area contributed by atoms with Crippen LogP contribution in [0.2, 0.25) is 0 Å². The van der Waals surface area contributed by atoms with Gasteiger partial charge in [-0.3, -0.25) is 4.79 Å². The molecule has 0 unspecified atom stereocenters. The van der Waals surface area contributed by atoms with Crippen molar-refractivity contribution in [3.05, 3.63) is 66.0 Å². The molecule has 0 saturated carbocycles. The van der Waals surface area contributed by atoms with Gasteiger partial charge in [0.05, 0.1) is 5.52 Å². The Bertz CT molecular complexity index is 919. The summed E-state index contributed by atoms with van der Waals surface area (Å²) in [5.74, 6) is 1.32. The van der Waals surface area contributed by atoms with E-state index in [-0.39, 0.29) is 11.9 Å². The number of rotatable bonds is 4. The lowest BCUT2D eigenvalue weighted by Gasteiger charge is -2.33. The summed E-state index contributed by atoms with van der Waals surface area (Å²) in [6, 6.07) is 15.8. The van der Waals surface area contributed by atoms with Gasteiger partial charge in [0.15, 0.2) is 6.29 Å². The van der Waals surface area contributed by atoms with Crippen LogP contribution >= 0.6 is 0 Å². The summed E-state index contributed by atoms with van der Waals surface area (Å²) < 4.78 is 18.9. The van der Waals surface area contributed by atoms with Crippen molar-refractivity contribution >= 4 is 23.0 Å². The number of ether oxygens (including phenoxy) is 1. The lowest BCUT2D eigenvalue weighted by Crippen LogP contribution is -2.38. The van der Waals surface area contributed by atoms with Crippen LogP contribution in [0.4, 0.5) is 10.2 Å². The summed E-state index contributed by atoms with van der Waals surface area (Å²) >= 11 is 0. The van der Waals surface area contributed by atoms with Crippen LogP contribution < -0.4 is 9.64 Å². The first kappa shape index (κ1) is 16.5. The summed E-state index contributed by atoms with van der Waals surface area (Å²) in [6.45, 7) is 1.65. The smallest absolute Gasteiger partial charge is 0.152 e. The molecule has 1 aliphatic rings. The van der Waals surface area contributed by atoms with Gasteiger partial charge in [0, 0.05) is 36.9 Å². The lowest BCUT2D eigenvalue weighted by molar-refractivity contribution is 0.112. The summed E-state index contributed by atoms with van der Waals surface area (Å²) in [6.07, 6.45) is 2.70. The summed E-state index contributed by atoms with van der Waals surface area (Å²) in [5, 5.41) is 0.966. The third-order valence-electron chi connectivity index (χ3n) is 4.75. The molecule has 0 amide bonds. The molecule has 5 heteroatoms. The van der Waals surface area contributed by atoms with E-state index < -0.39 is 0 Å². The molecule has 1 fully saturated rings. The molecule has 0 bridgehead atoms. The maximum absolute atomic E-state index is 13.0. The Hall–Kier alpha value is -2.95. The van der Waals surface area contributed by atoms with Crippen LogP contribution in [-0.4, -0.2) is 30.5 Å². The van der Waals surface area contributed by atoms with Crippen molar-refractivity contribution < 1.29 is 13.9 Å². The fourth-order valence-electron chi connectivity index (χ4n) is 3.34. The van der Waals surface area contributed by atoms with Gasteiger partial charge in [-0.05, 0) is 42.5 Å². The molecule has 1 aromatic heterocycles. The minimum Gasteiger partial charge on any atom is -0.490 e. The quantitative estimate of drug-likeness (QED) is 0.660. The van der Waals surface area contributed by atoms with E-state index in [4.69, 9.17) is 9.72 Å². The number of carbonyl (C=O) groups excluding carboxylic acids is 1. The molecule has 0 aliphatic carbocycles. The van der Waals surface area contributed by atoms with Crippen LogP contribution in [0, 0.1) is 5.82 Å². The third kappa shape index (κ3) is 3.38. The van der Waals surface area contributed by atoms with Gasteiger partial charge in [-0.2, -0.15) is 0 Å². The zero-order chi connectivity index (χ0) is 17.9. The van der Waals surface area contributed by atoms with Crippen LogP contribution in [0.3, 0.4) is 0 Å². The first-order chi connectivity index (χ1) is 12.7. The van der Waals surface area contributed by atoms with E-state index >= 15 is 0 Å². The van der Waals surface area contributed by atoms with Crippen LogP contribution in [0.5, 0.6) is 5.75 Å². The highest BCUT2D eigenvalue weighted by molar-refractivity contribution is 5.96. The largest absolute Gasteiger partial charge is 0.490 e. The molecule has 0 radical (unpaired) electrons. The average Bonchev–Trinajstić information content (AvgIpc) is 2.69. The number of pyridine rings is 1. The van der Waals surface area contributed by atoms with Gasteiger partial charge >= 0.3 is 0 Å². The fourth-order valence-corrected chi connectivity index (χ4v) is 3.34. The van der Waals surface area contributed by atoms with Crippen LogP contribution in [-0.2, 0) is 0 Å². The highest BCUT2D eigenvalue weighted by atomic mass is 19.1. The number of fused-ring (bicyclic) bond motifs is 1. The molecule has 4 rings (SSSR count). The number of hydrogen-bond donors (Lipinski definition) is 0. The Kier molecular flexibility index (Phi) is 4.52. The molecule has 132 valence electrons. The first-order valence-electron chi connectivity index (χ1n) is 8.75.